The van der Waals surface area contributed by atoms with E-state index in [2.05, 4.69) is 20.3 Å². The van der Waals surface area contributed by atoms with Gasteiger partial charge in [0.1, 0.15) is 0 Å². The van der Waals surface area contributed by atoms with Crippen molar-refractivity contribution in [3.05, 3.63) is 0 Å². The molecule has 18 heavy (non-hydrogen) atoms. The van der Waals surface area contributed by atoms with E-state index in [-0.39, 0.29) is 0 Å². The summed E-state index contributed by atoms with van der Waals surface area (Å²) in [6.07, 6.45) is 5.08. The van der Waals surface area contributed by atoms with Crippen LogP contribution in [0.25, 0.3) is 0 Å². The summed E-state index contributed by atoms with van der Waals surface area (Å²) in [5.41, 5.74) is 0. The van der Waals surface area contributed by atoms with Crippen LogP contribution in [0.3, 0.4) is 0 Å². The van der Waals surface area contributed by atoms with Gasteiger partial charge >= 0.3 is 12.0 Å². The van der Waals surface area contributed by atoms with Gasteiger partial charge < -0.3 is 14.8 Å². The standard InChI is InChI=1S/C12H20N4O2/c1-3-17-11-14-10(13-2)15-12(16-11)18-8-7-9-5-4-6-9/h9H,3-8H2,1-2H3,(H,13,14,15,16). The predicted octanol–water partition coefficient (Wildman–Crippen LogP) is 1.88. The van der Waals surface area contributed by atoms with Crippen LogP contribution < -0.4 is 14.8 Å². The third-order valence-corrected chi connectivity index (χ3v) is 3.07. The van der Waals surface area contributed by atoms with Crippen LogP contribution in [0.4, 0.5) is 5.95 Å². The van der Waals surface area contributed by atoms with Crippen LogP contribution in [0.5, 0.6) is 12.0 Å². The van der Waals surface area contributed by atoms with Crippen LogP contribution >= 0.6 is 0 Å². The summed E-state index contributed by atoms with van der Waals surface area (Å²) in [4.78, 5) is 12.3. The normalized spacial score (nSPS) is 15.0. The van der Waals surface area contributed by atoms with Crippen LogP contribution in [-0.4, -0.2) is 35.2 Å². The van der Waals surface area contributed by atoms with Crippen molar-refractivity contribution in [3.8, 4) is 12.0 Å². The molecule has 0 amide bonds. The van der Waals surface area contributed by atoms with Gasteiger partial charge in [0.05, 0.1) is 13.2 Å². The molecule has 1 aliphatic carbocycles. The van der Waals surface area contributed by atoms with Gasteiger partial charge in [-0.15, -0.1) is 4.98 Å². The lowest BCUT2D eigenvalue weighted by Gasteiger charge is -2.24. The van der Waals surface area contributed by atoms with Crippen molar-refractivity contribution < 1.29 is 9.47 Å². The first kappa shape index (κ1) is 12.9. The van der Waals surface area contributed by atoms with Gasteiger partial charge in [-0.3, -0.25) is 0 Å². The molecule has 6 heteroatoms. The molecule has 0 aromatic carbocycles. The summed E-state index contributed by atoms with van der Waals surface area (Å²) in [7, 11) is 1.75. The molecule has 1 aliphatic rings. The minimum atomic E-state index is 0.301. The Kier molecular flexibility index (Phi) is 4.55. The first-order valence-electron chi connectivity index (χ1n) is 6.51. The predicted molar refractivity (Wildman–Crippen MR) is 68.0 cm³/mol. The molecule has 0 saturated heterocycles. The van der Waals surface area contributed by atoms with E-state index in [1.165, 1.54) is 19.3 Å². The van der Waals surface area contributed by atoms with Crippen LogP contribution in [0.1, 0.15) is 32.6 Å². The quantitative estimate of drug-likeness (QED) is 0.799. The van der Waals surface area contributed by atoms with Crippen molar-refractivity contribution in [1.82, 2.24) is 15.0 Å². The first-order chi connectivity index (χ1) is 8.81. The molecule has 1 heterocycles. The molecular weight excluding hydrogens is 232 g/mol. The minimum absolute atomic E-state index is 0.301. The number of aromatic nitrogens is 3. The highest BCUT2D eigenvalue weighted by Crippen LogP contribution is 2.29. The molecule has 2 rings (SSSR count). The highest BCUT2D eigenvalue weighted by atomic mass is 16.5. The van der Waals surface area contributed by atoms with E-state index in [9.17, 15) is 0 Å². The van der Waals surface area contributed by atoms with E-state index >= 15 is 0 Å². The van der Waals surface area contributed by atoms with Gasteiger partial charge in [0.15, 0.2) is 0 Å². The molecule has 0 bridgehead atoms. The van der Waals surface area contributed by atoms with Crippen LogP contribution in [-0.2, 0) is 0 Å². The van der Waals surface area contributed by atoms with E-state index in [0.717, 1.165) is 12.3 Å². The molecule has 0 spiro atoms. The summed E-state index contributed by atoms with van der Waals surface area (Å²) in [6.45, 7) is 3.07. The SMILES string of the molecule is CCOc1nc(NC)nc(OCCC2CCC2)n1. The van der Waals surface area contributed by atoms with E-state index in [0.29, 0.717) is 31.2 Å². The highest BCUT2D eigenvalue weighted by Gasteiger charge is 2.17. The molecule has 6 nitrogen and oxygen atoms in total. The number of hydrogen-bond donors (Lipinski definition) is 1. The number of rotatable bonds is 7. The zero-order valence-electron chi connectivity index (χ0n) is 11.0. The minimum Gasteiger partial charge on any atom is -0.464 e. The molecule has 1 fully saturated rings. The Balaban J connectivity index is 1.90. The molecule has 0 aliphatic heterocycles. The highest BCUT2D eigenvalue weighted by molar-refractivity contribution is 5.26. The van der Waals surface area contributed by atoms with Gasteiger partial charge in [-0.2, -0.15) is 9.97 Å². The zero-order chi connectivity index (χ0) is 12.8. The zero-order valence-corrected chi connectivity index (χ0v) is 11.0. The smallest absolute Gasteiger partial charge is 0.324 e. The molecule has 0 atom stereocenters. The summed E-state index contributed by atoms with van der Waals surface area (Å²) in [5.74, 6) is 1.29. The Morgan fingerprint density at radius 1 is 1.17 bits per heavy atom. The van der Waals surface area contributed by atoms with E-state index < -0.39 is 0 Å². The van der Waals surface area contributed by atoms with E-state index in [4.69, 9.17) is 9.47 Å². The maximum Gasteiger partial charge on any atom is 0.324 e. The second-order valence-electron chi connectivity index (χ2n) is 4.34. The van der Waals surface area contributed by atoms with Crippen molar-refractivity contribution in [1.29, 1.82) is 0 Å². The largest absolute Gasteiger partial charge is 0.464 e. The maximum absolute atomic E-state index is 5.56. The number of nitrogens with zero attached hydrogens (tertiary/aromatic N) is 3. The van der Waals surface area contributed by atoms with Gasteiger partial charge in [0.2, 0.25) is 5.95 Å². The third kappa shape index (κ3) is 3.45. The van der Waals surface area contributed by atoms with Gasteiger partial charge in [-0.25, -0.2) is 0 Å². The number of nitrogens with one attached hydrogen (secondary N) is 1. The second-order valence-corrected chi connectivity index (χ2v) is 4.34. The van der Waals surface area contributed by atoms with Crippen molar-refractivity contribution in [2.45, 2.75) is 32.6 Å². The van der Waals surface area contributed by atoms with Crippen LogP contribution in [0, 0.1) is 5.92 Å². The Hall–Kier alpha value is -1.59. The van der Waals surface area contributed by atoms with Crippen molar-refractivity contribution in [2.75, 3.05) is 25.6 Å². The fourth-order valence-corrected chi connectivity index (χ4v) is 1.81. The second kappa shape index (κ2) is 6.37. The van der Waals surface area contributed by atoms with Gasteiger partial charge in [-0.05, 0) is 19.3 Å². The van der Waals surface area contributed by atoms with Gasteiger partial charge in [0, 0.05) is 7.05 Å². The van der Waals surface area contributed by atoms with Gasteiger partial charge in [0.25, 0.3) is 0 Å². The topological polar surface area (TPSA) is 69.2 Å². The summed E-state index contributed by atoms with van der Waals surface area (Å²) >= 11 is 0. The molecule has 0 unspecified atom stereocenters. The lowest BCUT2D eigenvalue weighted by atomic mass is 9.83. The number of ether oxygens (including phenoxy) is 2. The van der Waals surface area contributed by atoms with Gasteiger partial charge in [-0.1, -0.05) is 19.3 Å². The van der Waals surface area contributed by atoms with E-state index in [1.54, 1.807) is 7.05 Å². The Morgan fingerprint density at radius 2 is 1.89 bits per heavy atom. The number of hydrogen-bond acceptors (Lipinski definition) is 6. The van der Waals surface area contributed by atoms with Crippen LogP contribution in [0.15, 0.2) is 0 Å². The average molecular weight is 252 g/mol. The molecule has 0 radical (unpaired) electrons. The monoisotopic (exact) mass is 252 g/mol. The molecule has 1 saturated carbocycles. The summed E-state index contributed by atoms with van der Waals surface area (Å²) in [5, 5.41) is 2.87. The average Bonchev–Trinajstić information content (AvgIpc) is 2.32. The Morgan fingerprint density at radius 3 is 2.44 bits per heavy atom. The lowest BCUT2D eigenvalue weighted by molar-refractivity contribution is 0.208. The molecular formula is C12H20N4O2. The Bertz CT molecular complexity index is 382. The molecule has 1 aromatic rings. The van der Waals surface area contributed by atoms with Crippen molar-refractivity contribution in [3.63, 3.8) is 0 Å². The van der Waals surface area contributed by atoms with Crippen molar-refractivity contribution in [2.24, 2.45) is 5.92 Å². The van der Waals surface area contributed by atoms with E-state index in [1.807, 2.05) is 6.92 Å². The molecule has 1 N–H and O–H groups in total. The maximum atomic E-state index is 5.56. The third-order valence-electron chi connectivity index (χ3n) is 3.07. The first-order valence-corrected chi connectivity index (χ1v) is 6.51. The fraction of sp³-hybridized carbons (Fsp3) is 0.750. The summed E-state index contributed by atoms with van der Waals surface area (Å²) < 4.78 is 10.8. The molecule has 100 valence electrons. The number of anilines is 1. The fourth-order valence-electron chi connectivity index (χ4n) is 1.81. The van der Waals surface area contributed by atoms with Crippen LogP contribution in [0.2, 0.25) is 0 Å². The molecule has 1 aromatic heterocycles. The Labute approximate surface area is 107 Å². The summed E-state index contributed by atoms with van der Waals surface area (Å²) in [6, 6.07) is 0.632. The van der Waals surface area contributed by atoms with Crippen molar-refractivity contribution >= 4 is 5.95 Å². The lowest BCUT2D eigenvalue weighted by Crippen LogP contribution is -2.15.